The molecule has 0 bridgehead atoms. The summed E-state index contributed by atoms with van der Waals surface area (Å²) in [6.45, 7) is 6.03. The molecule has 0 aromatic heterocycles. The molecule has 0 N–H and O–H groups in total. The van der Waals surface area contributed by atoms with Crippen LogP contribution in [-0.4, -0.2) is 25.0 Å². The third-order valence-electron chi connectivity index (χ3n) is 2.78. The van der Waals surface area contributed by atoms with Crippen molar-refractivity contribution in [2.24, 2.45) is 0 Å². The molecule has 1 aromatic rings. The van der Waals surface area contributed by atoms with Crippen molar-refractivity contribution in [3.8, 4) is 0 Å². The predicted molar refractivity (Wildman–Crippen MR) is 67.8 cm³/mol. The minimum Gasteiger partial charge on any atom is -0.318 e. The SMILES string of the molecule is CCOP(C)(=O)N(C)[C@@H](C)c1ccccc1. The Labute approximate surface area is 97.9 Å². The molecule has 16 heavy (non-hydrogen) atoms. The second-order valence-corrected chi connectivity index (χ2v) is 6.38. The molecule has 1 unspecified atom stereocenters. The van der Waals surface area contributed by atoms with Gasteiger partial charge in [0, 0.05) is 12.7 Å². The zero-order valence-electron chi connectivity index (χ0n) is 10.4. The molecule has 0 aliphatic heterocycles. The van der Waals surface area contributed by atoms with Crippen LogP contribution < -0.4 is 0 Å². The Kier molecular flexibility index (Phi) is 4.72. The summed E-state index contributed by atoms with van der Waals surface area (Å²) in [7, 11) is -0.830. The first-order chi connectivity index (χ1) is 7.49. The van der Waals surface area contributed by atoms with E-state index in [1.54, 1.807) is 6.66 Å². The third kappa shape index (κ3) is 3.18. The van der Waals surface area contributed by atoms with Crippen LogP contribution in [0.1, 0.15) is 25.5 Å². The van der Waals surface area contributed by atoms with Gasteiger partial charge >= 0.3 is 0 Å². The average molecular weight is 241 g/mol. The molecule has 0 spiro atoms. The molecule has 0 saturated heterocycles. The molecule has 2 atom stereocenters. The van der Waals surface area contributed by atoms with E-state index < -0.39 is 7.52 Å². The summed E-state index contributed by atoms with van der Waals surface area (Å²) in [5.41, 5.74) is 1.15. The molecule has 1 aromatic carbocycles. The van der Waals surface area contributed by atoms with Crippen molar-refractivity contribution in [2.45, 2.75) is 19.9 Å². The summed E-state index contributed by atoms with van der Waals surface area (Å²) < 4.78 is 19.4. The van der Waals surface area contributed by atoms with E-state index in [1.807, 2.05) is 55.9 Å². The maximum Gasteiger partial charge on any atom is 0.269 e. The lowest BCUT2D eigenvalue weighted by Crippen LogP contribution is -2.20. The van der Waals surface area contributed by atoms with Gasteiger partial charge < -0.3 is 4.52 Å². The number of rotatable bonds is 5. The quantitative estimate of drug-likeness (QED) is 0.738. The molecule has 0 fully saturated rings. The van der Waals surface area contributed by atoms with Crippen molar-refractivity contribution in [2.75, 3.05) is 20.3 Å². The highest BCUT2D eigenvalue weighted by atomic mass is 31.2. The minimum atomic E-state index is -2.67. The second kappa shape index (κ2) is 5.62. The van der Waals surface area contributed by atoms with Crippen molar-refractivity contribution >= 4 is 7.52 Å². The second-order valence-electron chi connectivity index (χ2n) is 3.88. The van der Waals surface area contributed by atoms with Crippen LogP contribution in [0, 0.1) is 0 Å². The first kappa shape index (κ1) is 13.4. The van der Waals surface area contributed by atoms with E-state index in [9.17, 15) is 4.57 Å². The molecular weight excluding hydrogens is 221 g/mol. The van der Waals surface area contributed by atoms with Gasteiger partial charge in [-0.3, -0.25) is 4.57 Å². The smallest absolute Gasteiger partial charge is 0.269 e. The Morgan fingerprint density at radius 1 is 1.38 bits per heavy atom. The van der Waals surface area contributed by atoms with Crippen LogP contribution in [0.4, 0.5) is 0 Å². The Morgan fingerprint density at radius 2 is 1.94 bits per heavy atom. The zero-order chi connectivity index (χ0) is 12.2. The Bertz CT molecular complexity index is 367. The van der Waals surface area contributed by atoms with Gasteiger partial charge in [-0.2, -0.15) is 0 Å². The highest BCUT2D eigenvalue weighted by Gasteiger charge is 2.27. The van der Waals surface area contributed by atoms with Gasteiger partial charge in [0.05, 0.1) is 6.61 Å². The molecule has 4 heteroatoms. The number of benzene rings is 1. The van der Waals surface area contributed by atoms with Crippen molar-refractivity contribution in [3.05, 3.63) is 35.9 Å². The average Bonchev–Trinajstić information content (AvgIpc) is 2.28. The summed E-state index contributed by atoms with van der Waals surface area (Å²) in [5.74, 6) is 0. The molecule has 0 heterocycles. The van der Waals surface area contributed by atoms with E-state index in [0.717, 1.165) is 5.56 Å². The van der Waals surface area contributed by atoms with Crippen LogP contribution >= 0.6 is 7.52 Å². The van der Waals surface area contributed by atoms with Crippen LogP contribution in [0.25, 0.3) is 0 Å². The third-order valence-corrected chi connectivity index (χ3v) is 5.01. The molecule has 0 aliphatic carbocycles. The maximum atomic E-state index is 12.2. The highest BCUT2D eigenvalue weighted by Crippen LogP contribution is 2.49. The van der Waals surface area contributed by atoms with Gasteiger partial charge in [-0.25, -0.2) is 4.67 Å². The fourth-order valence-electron chi connectivity index (χ4n) is 1.59. The van der Waals surface area contributed by atoms with E-state index in [0.29, 0.717) is 6.61 Å². The fraction of sp³-hybridized carbons (Fsp3) is 0.500. The summed E-state index contributed by atoms with van der Waals surface area (Å²) in [6, 6.07) is 10.1. The molecule has 0 radical (unpaired) electrons. The number of hydrogen-bond acceptors (Lipinski definition) is 2. The van der Waals surface area contributed by atoms with E-state index >= 15 is 0 Å². The van der Waals surface area contributed by atoms with E-state index in [-0.39, 0.29) is 6.04 Å². The lowest BCUT2D eigenvalue weighted by Gasteiger charge is -2.30. The van der Waals surface area contributed by atoms with Crippen molar-refractivity contribution in [1.29, 1.82) is 0 Å². The topological polar surface area (TPSA) is 29.5 Å². The maximum absolute atomic E-state index is 12.2. The molecule has 90 valence electrons. The van der Waals surface area contributed by atoms with Crippen LogP contribution in [0.5, 0.6) is 0 Å². The summed E-state index contributed by atoms with van der Waals surface area (Å²) >= 11 is 0. The lowest BCUT2D eigenvalue weighted by atomic mass is 10.1. The van der Waals surface area contributed by atoms with Crippen LogP contribution in [0.3, 0.4) is 0 Å². The Hall–Kier alpha value is -0.630. The number of nitrogens with zero attached hydrogens (tertiary/aromatic N) is 1. The monoisotopic (exact) mass is 241 g/mol. The van der Waals surface area contributed by atoms with Crippen LogP contribution in [0.2, 0.25) is 0 Å². The fourth-order valence-corrected chi connectivity index (χ4v) is 3.02. The van der Waals surface area contributed by atoms with Crippen LogP contribution in [-0.2, 0) is 9.09 Å². The molecular formula is C12H20NO2P. The minimum absolute atomic E-state index is 0.0867. The standard InChI is InChI=1S/C12H20NO2P/c1-5-15-16(4,14)13(3)11(2)12-9-7-6-8-10-12/h6-11H,5H2,1-4H3/t11-,16?/m0/s1. The van der Waals surface area contributed by atoms with Gasteiger partial charge in [0.2, 0.25) is 0 Å². The highest BCUT2D eigenvalue weighted by molar-refractivity contribution is 7.55. The van der Waals surface area contributed by atoms with Crippen LogP contribution in [0.15, 0.2) is 30.3 Å². The normalized spacial score (nSPS) is 17.1. The number of hydrogen-bond donors (Lipinski definition) is 0. The van der Waals surface area contributed by atoms with Gasteiger partial charge in [0.1, 0.15) is 0 Å². The lowest BCUT2D eigenvalue weighted by molar-refractivity contribution is 0.270. The van der Waals surface area contributed by atoms with Gasteiger partial charge in [-0.05, 0) is 26.5 Å². The molecule has 0 aliphatic rings. The Balaban J connectivity index is 2.82. The van der Waals surface area contributed by atoms with Gasteiger partial charge in [0.25, 0.3) is 7.52 Å². The first-order valence-corrected chi connectivity index (χ1v) is 7.51. The van der Waals surface area contributed by atoms with Crippen molar-refractivity contribution < 1.29 is 9.09 Å². The first-order valence-electron chi connectivity index (χ1n) is 5.49. The van der Waals surface area contributed by atoms with E-state index in [4.69, 9.17) is 4.52 Å². The summed E-state index contributed by atoms with van der Waals surface area (Å²) in [4.78, 5) is 0. The molecule has 0 amide bonds. The molecule has 0 saturated carbocycles. The van der Waals surface area contributed by atoms with Gasteiger partial charge in [-0.15, -0.1) is 0 Å². The summed E-state index contributed by atoms with van der Waals surface area (Å²) in [6.07, 6.45) is 0. The van der Waals surface area contributed by atoms with Gasteiger partial charge in [0.15, 0.2) is 0 Å². The Morgan fingerprint density at radius 3 is 2.44 bits per heavy atom. The predicted octanol–water partition coefficient (Wildman–Crippen LogP) is 3.54. The van der Waals surface area contributed by atoms with Crippen molar-refractivity contribution in [1.82, 2.24) is 4.67 Å². The molecule has 1 rings (SSSR count). The van der Waals surface area contributed by atoms with Crippen molar-refractivity contribution in [3.63, 3.8) is 0 Å². The van der Waals surface area contributed by atoms with E-state index in [1.165, 1.54) is 0 Å². The van der Waals surface area contributed by atoms with E-state index in [2.05, 4.69) is 0 Å². The molecule has 3 nitrogen and oxygen atoms in total. The van der Waals surface area contributed by atoms with Gasteiger partial charge in [-0.1, -0.05) is 30.3 Å². The summed E-state index contributed by atoms with van der Waals surface area (Å²) in [5, 5.41) is 0. The zero-order valence-corrected chi connectivity index (χ0v) is 11.3. The largest absolute Gasteiger partial charge is 0.318 e.